The molecule has 0 atom stereocenters. The fraction of sp³-hybridized carbons (Fsp3) is 0.684. The second kappa shape index (κ2) is 18.2. The number of pyridine rings is 1. The second-order valence-corrected chi connectivity index (χ2v) is 5.75. The maximum Gasteiger partial charge on any atom is 0.218 e. The Labute approximate surface area is 180 Å². The minimum Gasteiger partial charge on any atom is -0.475 e. The van der Waals surface area contributed by atoms with Crippen LogP contribution in [-0.4, -0.2) is 57.6 Å². The van der Waals surface area contributed by atoms with Crippen molar-refractivity contribution in [1.29, 1.82) is 0 Å². The maximum absolute atomic E-state index is 5.65. The Kier molecular flexibility index (Phi) is 17.5. The van der Waals surface area contributed by atoms with Crippen molar-refractivity contribution in [3.8, 4) is 5.88 Å². The fourth-order valence-corrected chi connectivity index (χ4v) is 2.13. The Hall–Kier alpha value is -1.13. The molecule has 1 aromatic rings. The summed E-state index contributed by atoms with van der Waals surface area (Å²) in [5.41, 5.74) is 0.948. The molecule has 27 heavy (non-hydrogen) atoms. The summed E-state index contributed by atoms with van der Waals surface area (Å²) >= 11 is 0. The van der Waals surface area contributed by atoms with E-state index in [1.165, 1.54) is 6.42 Å². The van der Waals surface area contributed by atoms with E-state index in [9.17, 15) is 0 Å². The highest BCUT2D eigenvalue weighted by Crippen LogP contribution is 2.15. The van der Waals surface area contributed by atoms with Gasteiger partial charge in [0.25, 0.3) is 0 Å². The van der Waals surface area contributed by atoms with Crippen molar-refractivity contribution in [2.45, 2.75) is 39.7 Å². The van der Waals surface area contributed by atoms with Gasteiger partial charge in [-0.1, -0.05) is 19.4 Å². The molecule has 0 unspecified atom stereocenters. The second-order valence-electron chi connectivity index (χ2n) is 5.75. The Bertz CT molecular complexity index is 504. The third-order valence-corrected chi connectivity index (χ3v) is 3.53. The molecule has 0 aliphatic heterocycles. The third kappa shape index (κ3) is 12.8. The minimum absolute atomic E-state index is 0. The largest absolute Gasteiger partial charge is 0.475 e. The molecule has 0 aliphatic rings. The summed E-state index contributed by atoms with van der Waals surface area (Å²) in [6.07, 6.45) is 4.96. The van der Waals surface area contributed by atoms with E-state index in [4.69, 9.17) is 14.2 Å². The molecule has 0 fully saturated rings. The van der Waals surface area contributed by atoms with E-state index in [0.29, 0.717) is 25.6 Å². The average molecular weight is 494 g/mol. The topological polar surface area (TPSA) is 77.0 Å². The smallest absolute Gasteiger partial charge is 0.218 e. The predicted octanol–water partition coefficient (Wildman–Crippen LogP) is 2.99. The summed E-state index contributed by atoms with van der Waals surface area (Å²) in [4.78, 5) is 8.90. The van der Waals surface area contributed by atoms with E-state index < -0.39 is 0 Å². The number of hydrogen-bond acceptors (Lipinski definition) is 5. The van der Waals surface area contributed by atoms with Crippen LogP contribution in [0.25, 0.3) is 0 Å². The van der Waals surface area contributed by atoms with Crippen LogP contribution in [0.4, 0.5) is 0 Å². The molecule has 0 aliphatic carbocycles. The molecule has 1 heterocycles. The number of nitrogens with zero attached hydrogens (tertiary/aromatic N) is 2. The first-order valence-electron chi connectivity index (χ1n) is 9.47. The Morgan fingerprint density at radius 3 is 2.67 bits per heavy atom. The number of methoxy groups -OCH3 is 1. The standard InChI is InChI=1S/C19H34N4O3.HI/c1-4-6-12-25-13-8-11-22-19(20-5-2)23-16-17-9-7-10-21-18(17)26-15-14-24-3;/h7,9-10H,4-6,8,11-16H2,1-3H3,(H2,20,22,23);1H. The van der Waals surface area contributed by atoms with Crippen molar-refractivity contribution < 1.29 is 14.2 Å². The van der Waals surface area contributed by atoms with Gasteiger partial charge in [0.2, 0.25) is 5.88 Å². The first kappa shape index (κ1) is 25.9. The summed E-state index contributed by atoms with van der Waals surface area (Å²) in [7, 11) is 1.65. The van der Waals surface area contributed by atoms with Gasteiger partial charge in [-0.05, 0) is 25.8 Å². The highest BCUT2D eigenvalue weighted by Gasteiger charge is 2.05. The number of nitrogens with one attached hydrogen (secondary N) is 2. The van der Waals surface area contributed by atoms with Crippen LogP contribution in [0.2, 0.25) is 0 Å². The molecule has 1 rings (SSSR count). The summed E-state index contributed by atoms with van der Waals surface area (Å²) in [6, 6.07) is 3.87. The van der Waals surface area contributed by atoms with Crippen LogP contribution >= 0.6 is 24.0 Å². The quantitative estimate of drug-likeness (QED) is 0.179. The molecule has 0 saturated carbocycles. The number of rotatable bonds is 14. The molecule has 0 radical (unpaired) electrons. The van der Waals surface area contributed by atoms with Crippen LogP contribution in [0.5, 0.6) is 5.88 Å². The molecule has 0 saturated heterocycles. The van der Waals surface area contributed by atoms with Gasteiger partial charge in [0, 0.05) is 45.2 Å². The van der Waals surface area contributed by atoms with Gasteiger partial charge in [0.15, 0.2) is 5.96 Å². The lowest BCUT2D eigenvalue weighted by molar-refractivity contribution is 0.129. The molecule has 0 amide bonds. The summed E-state index contributed by atoms with van der Waals surface area (Å²) in [5.74, 6) is 1.39. The Morgan fingerprint density at radius 2 is 1.93 bits per heavy atom. The lowest BCUT2D eigenvalue weighted by atomic mass is 10.3. The zero-order chi connectivity index (χ0) is 18.9. The minimum atomic E-state index is 0. The molecule has 2 N–H and O–H groups in total. The number of guanidine groups is 1. The highest BCUT2D eigenvalue weighted by atomic mass is 127. The zero-order valence-electron chi connectivity index (χ0n) is 16.8. The number of unbranched alkanes of at least 4 members (excludes halogenated alkanes) is 1. The first-order valence-corrected chi connectivity index (χ1v) is 9.47. The van der Waals surface area contributed by atoms with Crippen LogP contribution in [0, 0.1) is 0 Å². The van der Waals surface area contributed by atoms with Gasteiger partial charge in [-0.2, -0.15) is 0 Å². The van der Waals surface area contributed by atoms with E-state index in [2.05, 4.69) is 34.5 Å². The van der Waals surface area contributed by atoms with E-state index >= 15 is 0 Å². The van der Waals surface area contributed by atoms with Gasteiger partial charge in [-0.3, -0.25) is 0 Å². The van der Waals surface area contributed by atoms with Gasteiger partial charge >= 0.3 is 0 Å². The van der Waals surface area contributed by atoms with E-state index in [1.54, 1.807) is 13.3 Å². The third-order valence-electron chi connectivity index (χ3n) is 3.53. The molecule has 0 aromatic carbocycles. The molecular weight excluding hydrogens is 459 g/mol. The van der Waals surface area contributed by atoms with Crippen molar-refractivity contribution in [3.63, 3.8) is 0 Å². The van der Waals surface area contributed by atoms with Crippen molar-refractivity contribution >= 4 is 29.9 Å². The molecular formula is C19H35IN4O3. The maximum atomic E-state index is 5.65. The predicted molar refractivity (Wildman–Crippen MR) is 120 cm³/mol. The summed E-state index contributed by atoms with van der Waals surface area (Å²) in [6.45, 7) is 8.97. The summed E-state index contributed by atoms with van der Waals surface area (Å²) < 4.78 is 16.2. The van der Waals surface area contributed by atoms with E-state index in [0.717, 1.165) is 50.7 Å². The molecule has 156 valence electrons. The number of aliphatic imine (C=N–C) groups is 1. The van der Waals surface area contributed by atoms with Crippen LogP contribution in [0.1, 0.15) is 38.7 Å². The van der Waals surface area contributed by atoms with Crippen LogP contribution in [-0.2, 0) is 16.0 Å². The Balaban J connectivity index is 0.00000676. The molecule has 0 bridgehead atoms. The van der Waals surface area contributed by atoms with Crippen molar-refractivity contribution in [1.82, 2.24) is 15.6 Å². The van der Waals surface area contributed by atoms with Crippen molar-refractivity contribution in [2.75, 3.05) is 46.6 Å². The lowest BCUT2D eigenvalue weighted by Gasteiger charge is -2.12. The number of halogens is 1. The van der Waals surface area contributed by atoms with Gasteiger partial charge in [-0.15, -0.1) is 24.0 Å². The van der Waals surface area contributed by atoms with Gasteiger partial charge < -0.3 is 24.8 Å². The number of ether oxygens (including phenoxy) is 3. The SMILES string of the molecule is CCCCOCCCNC(=NCc1cccnc1OCCOC)NCC.I. The number of aromatic nitrogens is 1. The van der Waals surface area contributed by atoms with Crippen molar-refractivity contribution in [3.05, 3.63) is 23.9 Å². The summed E-state index contributed by atoms with van der Waals surface area (Å²) in [5, 5.41) is 6.58. The molecule has 7 nitrogen and oxygen atoms in total. The lowest BCUT2D eigenvalue weighted by Crippen LogP contribution is -2.38. The van der Waals surface area contributed by atoms with Crippen LogP contribution < -0.4 is 15.4 Å². The van der Waals surface area contributed by atoms with Crippen LogP contribution in [0.3, 0.4) is 0 Å². The zero-order valence-corrected chi connectivity index (χ0v) is 19.2. The van der Waals surface area contributed by atoms with Crippen molar-refractivity contribution in [2.24, 2.45) is 4.99 Å². The van der Waals surface area contributed by atoms with Gasteiger partial charge in [0.05, 0.1) is 13.2 Å². The molecule has 0 spiro atoms. The normalized spacial score (nSPS) is 11.0. The van der Waals surface area contributed by atoms with Gasteiger partial charge in [-0.25, -0.2) is 9.98 Å². The monoisotopic (exact) mass is 494 g/mol. The van der Waals surface area contributed by atoms with E-state index in [1.807, 2.05) is 12.1 Å². The highest BCUT2D eigenvalue weighted by molar-refractivity contribution is 14.0. The average Bonchev–Trinajstić information content (AvgIpc) is 2.66. The van der Waals surface area contributed by atoms with Gasteiger partial charge in [0.1, 0.15) is 6.61 Å². The molecule has 1 aromatic heterocycles. The Morgan fingerprint density at radius 1 is 1.11 bits per heavy atom. The van der Waals surface area contributed by atoms with Crippen LogP contribution in [0.15, 0.2) is 23.3 Å². The fourth-order valence-electron chi connectivity index (χ4n) is 2.13. The number of hydrogen-bond donors (Lipinski definition) is 2. The molecule has 8 heteroatoms. The first-order chi connectivity index (χ1) is 12.8. The van der Waals surface area contributed by atoms with E-state index in [-0.39, 0.29) is 24.0 Å².